The maximum Gasteiger partial charge on any atom is 0.0547 e. The molecule has 3 nitrogen and oxygen atoms in total. The quantitative estimate of drug-likeness (QED) is 0.834. The molecule has 0 saturated carbocycles. The predicted molar refractivity (Wildman–Crippen MR) is 74.5 cm³/mol. The fourth-order valence-electron chi connectivity index (χ4n) is 2.69. The molecule has 0 spiro atoms. The number of nitrogens with two attached hydrogens (primary N) is 1. The van der Waals surface area contributed by atoms with E-state index < -0.39 is 0 Å². The average Bonchev–Trinajstić information content (AvgIpc) is 2.68. The van der Waals surface area contributed by atoms with Crippen LogP contribution in [0.3, 0.4) is 0 Å². The van der Waals surface area contributed by atoms with Crippen LogP contribution in [0.4, 0.5) is 0 Å². The Morgan fingerprint density at radius 1 is 1.29 bits per heavy atom. The zero-order valence-corrected chi connectivity index (χ0v) is 12.0. The minimum absolute atomic E-state index is 0.235. The Balaban J connectivity index is 1.90. The van der Waals surface area contributed by atoms with Gasteiger partial charge in [0.1, 0.15) is 0 Å². The number of nitrogens with zero attached hydrogens (tertiary/aromatic N) is 1. The Morgan fingerprint density at radius 2 is 2.12 bits per heavy atom. The Bertz CT molecular complexity index is 252. The van der Waals surface area contributed by atoms with Crippen molar-refractivity contribution in [2.75, 3.05) is 45.1 Å². The van der Waals surface area contributed by atoms with Crippen molar-refractivity contribution in [1.82, 2.24) is 4.90 Å². The van der Waals surface area contributed by atoms with Crippen LogP contribution in [0.2, 0.25) is 0 Å². The van der Waals surface area contributed by atoms with Crippen LogP contribution in [0.5, 0.6) is 0 Å². The second-order valence-corrected chi connectivity index (χ2v) is 7.94. The van der Waals surface area contributed by atoms with Gasteiger partial charge in [-0.3, -0.25) is 0 Å². The molecule has 1 atom stereocenters. The van der Waals surface area contributed by atoms with E-state index in [1.807, 2.05) is 0 Å². The first-order chi connectivity index (χ1) is 8.05. The van der Waals surface area contributed by atoms with Crippen molar-refractivity contribution < 1.29 is 4.74 Å². The number of ether oxygens (including phenoxy) is 1. The van der Waals surface area contributed by atoms with Gasteiger partial charge in [-0.15, -0.1) is 0 Å². The Kier molecular flexibility index (Phi) is 4.40. The molecule has 0 bridgehead atoms. The average molecular weight is 258 g/mol. The van der Waals surface area contributed by atoms with E-state index in [9.17, 15) is 0 Å². The van der Waals surface area contributed by atoms with Gasteiger partial charge in [-0.25, -0.2) is 0 Å². The second-order valence-electron chi connectivity index (χ2n) is 6.14. The molecule has 2 rings (SSSR count). The minimum Gasteiger partial charge on any atom is -0.381 e. The molecule has 0 aromatic heterocycles. The summed E-state index contributed by atoms with van der Waals surface area (Å²) in [6.07, 6.45) is 2.41. The van der Waals surface area contributed by atoms with Crippen molar-refractivity contribution >= 4 is 11.8 Å². The van der Waals surface area contributed by atoms with Crippen LogP contribution in [0.25, 0.3) is 0 Å². The third-order valence-electron chi connectivity index (χ3n) is 4.11. The standard InChI is InChI=1S/C13H26N2OS/c1-12(2)3-5-15(6-8-17-12)10-13(9-14)4-7-16-11-13/h3-11,14H2,1-2H3. The van der Waals surface area contributed by atoms with Gasteiger partial charge in [0.15, 0.2) is 0 Å². The topological polar surface area (TPSA) is 38.5 Å². The molecule has 2 saturated heterocycles. The highest BCUT2D eigenvalue weighted by atomic mass is 32.2. The van der Waals surface area contributed by atoms with Gasteiger partial charge < -0.3 is 15.4 Å². The normalized spacial score (nSPS) is 34.8. The van der Waals surface area contributed by atoms with Crippen LogP contribution in [0.15, 0.2) is 0 Å². The van der Waals surface area contributed by atoms with Gasteiger partial charge in [0.25, 0.3) is 0 Å². The number of hydrogen-bond donors (Lipinski definition) is 1. The molecular formula is C13H26N2OS. The van der Waals surface area contributed by atoms with E-state index >= 15 is 0 Å². The van der Waals surface area contributed by atoms with Gasteiger partial charge in [-0.2, -0.15) is 11.8 Å². The molecule has 0 aromatic carbocycles. The Labute approximate surface area is 109 Å². The zero-order valence-electron chi connectivity index (χ0n) is 11.2. The zero-order chi connectivity index (χ0) is 12.4. The third kappa shape index (κ3) is 3.60. The summed E-state index contributed by atoms with van der Waals surface area (Å²) in [5, 5.41) is 0. The van der Waals surface area contributed by atoms with E-state index in [2.05, 4.69) is 30.5 Å². The predicted octanol–water partition coefficient (Wildman–Crippen LogP) is 1.57. The number of rotatable bonds is 3. The van der Waals surface area contributed by atoms with Crippen LogP contribution < -0.4 is 5.73 Å². The minimum atomic E-state index is 0.235. The molecule has 17 heavy (non-hydrogen) atoms. The molecule has 0 radical (unpaired) electrons. The Hall–Kier alpha value is 0.230. The first kappa shape index (κ1) is 13.7. The van der Waals surface area contributed by atoms with Crippen molar-refractivity contribution in [2.45, 2.75) is 31.4 Å². The second kappa shape index (κ2) is 5.47. The van der Waals surface area contributed by atoms with Gasteiger partial charge in [0.05, 0.1) is 6.61 Å². The summed E-state index contributed by atoms with van der Waals surface area (Å²) >= 11 is 2.11. The van der Waals surface area contributed by atoms with E-state index in [1.54, 1.807) is 0 Å². The van der Waals surface area contributed by atoms with Crippen LogP contribution in [-0.4, -0.2) is 54.8 Å². The summed E-state index contributed by atoms with van der Waals surface area (Å²) in [6, 6.07) is 0. The monoisotopic (exact) mass is 258 g/mol. The highest BCUT2D eigenvalue weighted by Gasteiger charge is 2.36. The molecule has 0 aromatic rings. The molecule has 0 amide bonds. The lowest BCUT2D eigenvalue weighted by Crippen LogP contribution is -2.44. The van der Waals surface area contributed by atoms with Crippen molar-refractivity contribution in [1.29, 1.82) is 0 Å². The van der Waals surface area contributed by atoms with E-state index in [-0.39, 0.29) is 5.41 Å². The Morgan fingerprint density at radius 3 is 2.76 bits per heavy atom. The number of thioether (sulfide) groups is 1. The van der Waals surface area contributed by atoms with Crippen molar-refractivity contribution in [3.8, 4) is 0 Å². The highest BCUT2D eigenvalue weighted by molar-refractivity contribution is 8.00. The summed E-state index contributed by atoms with van der Waals surface area (Å²) in [5.41, 5.74) is 6.20. The van der Waals surface area contributed by atoms with Gasteiger partial charge in [-0.1, -0.05) is 13.8 Å². The van der Waals surface area contributed by atoms with Crippen molar-refractivity contribution in [3.63, 3.8) is 0 Å². The molecule has 2 aliphatic rings. The smallest absolute Gasteiger partial charge is 0.0547 e. The molecule has 4 heteroatoms. The summed E-state index contributed by atoms with van der Waals surface area (Å²) in [5.74, 6) is 1.24. The van der Waals surface area contributed by atoms with E-state index in [1.165, 1.54) is 25.3 Å². The summed E-state index contributed by atoms with van der Waals surface area (Å²) < 4.78 is 5.99. The maximum atomic E-state index is 5.97. The molecule has 2 N–H and O–H groups in total. The van der Waals surface area contributed by atoms with E-state index in [0.717, 1.165) is 32.7 Å². The number of hydrogen-bond acceptors (Lipinski definition) is 4. The lowest BCUT2D eigenvalue weighted by Gasteiger charge is -2.32. The highest BCUT2D eigenvalue weighted by Crippen LogP contribution is 2.33. The van der Waals surface area contributed by atoms with Crippen LogP contribution in [0, 0.1) is 5.41 Å². The SMILES string of the molecule is CC1(C)CCN(CC2(CN)CCOC2)CCS1. The van der Waals surface area contributed by atoms with Crippen LogP contribution in [0.1, 0.15) is 26.7 Å². The fourth-order valence-corrected chi connectivity index (χ4v) is 3.83. The molecule has 2 aliphatic heterocycles. The maximum absolute atomic E-state index is 5.97. The first-order valence-electron chi connectivity index (χ1n) is 6.69. The largest absolute Gasteiger partial charge is 0.381 e. The molecule has 1 unspecified atom stereocenters. The van der Waals surface area contributed by atoms with Crippen molar-refractivity contribution in [3.05, 3.63) is 0 Å². The summed E-state index contributed by atoms with van der Waals surface area (Å²) in [7, 11) is 0. The van der Waals surface area contributed by atoms with Crippen LogP contribution >= 0.6 is 11.8 Å². The first-order valence-corrected chi connectivity index (χ1v) is 7.68. The van der Waals surface area contributed by atoms with Crippen LogP contribution in [-0.2, 0) is 4.74 Å². The van der Waals surface area contributed by atoms with E-state index in [4.69, 9.17) is 10.5 Å². The van der Waals surface area contributed by atoms with Gasteiger partial charge in [0.2, 0.25) is 0 Å². The van der Waals surface area contributed by atoms with Gasteiger partial charge >= 0.3 is 0 Å². The van der Waals surface area contributed by atoms with Gasteiger partial charge in [0, 0.05) is 42.2 Å². The lowest BCUT2D eigenvalue weighted by atomic mass is 9.86. The molecular weight excluding hydrogens is 232 g/mol. The third-order valence-corrected chi connectivity index (χ3v) is 5.48. The lowest BCUT2D eigenvalue weighted by molar-refractivity contribution is 0.117. The fraction of sp³-hybridized carbons (Fsp3) is 1.00. The summed E-state index contributed by atoms with van der Waals surface area (Å²) in [4.78, 5) is 2.60. The molecule has 0 aliphatic carbocycles. The van der Waals surface area contributed by atoms with E-state index in [0.29, 0.717) is 4.75 Å². The van der Waals surface area contributed by atoms with Gasteiger partial charge in [-0.05, 0) is 19.4 Å². The molecule has 2 fully saturated rings. The molecule has 2 heterocycles. The van der Waals surface area contributed by atoms with Crippen molar-refractivity contribution in [2.24, 2.45) is 11.1 Å². The summed E-state index contributed by atoms with van der Waals surface area (Å²) in [6.45, 7) is 10.8. The molecule has 100 valence electrons.